The Labute approximate surface area is 112 Å². The molecule has 98 valence electrons. The molecule has 0 heterocycles. The molecule has 0 atom stereocenters. The van der Waals surface area contributed by atoms with Crippen LogP contribution in [0.2, 0.25) is 0 Å². The Morgan fingerprint density at radius 1 is 1.11 bits per heavy atom. The molecule has 0 bridgehead atoms. The first-order valence-corrected chi connectivity index (χ1v) is 7.63. The quantitative estimate of drug-likeness (QED) is 0.592. The number of allylic oxidation sites excluding steroid dienone is 2. The first kappa shape index (κ1) is 13.4. The maximum Gasteiger partial charge on any atom is -0.0234 e. The van der Waals surface area contributed by atoms with Gasteiger partial charge in [0.2, 0.25) is 0 Å². The topological polar surface area (TPSA) is 0 Å². The van der Waals surface area contributed by atoms with E-state index in [2.05, 4.69) is 43.3 Å². The van der Waals surface area contributed by atoms with Gasteiger partial charge in [0.25, 0.3) is 0 Å². The lowest BCUT2D eigenvalue weighted by atomic mass is 10.0. The third-order valence-corrected chi connectivity index (χ3v) is 3.94. The van der Waals surface area contributed by atoms with Crippen molar-refractivity contribution < 1.29 is 0 Å². The SMILES string of the molecule is CCCc1cccc(CC/C=C/C2CCCC2)c1. The van der Waals surface area contributed by atoms with Gasteiger partial charge in [-0.15, -0.1) is 0 Å². The maximum atomic E-state index is 2.46. The van der Waals surface area contributed by atoms with Crippen LogP contribution in [0, 0.1) is 5.92 Å². The number of hydrogen-bond donors (Lipinski definition) is 0. The summed E-state index contributed by atoms with van der Waals surface area (Å²) in [6.45, 7) is 2.25. The molecule has 1 aromatic rings. The van der Waals surface area contributed by atoms with Gasteiger partial charge in [0.1, 0.15) is 0 Å². The molecular weight excluding hydrogens is 216 g/mol. The highest BCUT2D eigenvalue weighted by molar-refractivity contribution is 5.24. The van der Waals surface area contributed by atoms with Crippen LogP contribution in [0.4, 0.5) is 0 Å². The molecule has 18 heavy (non-hydrogen) atoms. The molecule has 1 aliphatic carbocycles. The molecule has 0 aromatic heterocycles. The van der Waals surface area contributed by atoms with Crippen molar-refractivity contribution in [3.8, 4) is 0 Å². The summed E-state index contributed by atoms with van der Waals surface area (Å²) in [5.41, 5.74) is 2.99. The predicted molar refractivity (Wildman–Crippen MR) is 79.9 cm³/mol. The smallest absolute Gasteiger partial charge is 0.0234 e. The fraction of sp³-hybridized carbons (Fsp3) is 0.556. The number of rotatable bonds is 6. The maximum absolute atomic E-state index is 2.46. The molecule has 0 unspecified atom stereocenters. The lowest BCUT2D eigenvalue weighted by molar-refractivity contribution is 0.682. The van der Waals surface area contributed by atoms with Gasteiger partial charge in [-0.3, -0.25) is 0 Å². The van der Waals surface area contributed by atoms with Crippen LogP contribution in [-0.4, -0.2) is 0 Å². The fourth-order valence-electron chi connectivity index (χ4n) is 2.92. The molecule has 0 spiro atoms. The monoisotopic (exact) mass is 242 g/mol. The van der Waals surface area contributed by atoms with Gasteiger partial charge in [0, 0.05) is 0 Å². The number of aryl methyl sites for hydroxylation is 2. The molecule has 0 radical (unpaired) electrons. The lowest BCUT2D eigenvalue weighted by Crippen LogP contribution is -1.89. The Bertz CT molecular complexity index is 369. The zero-order valence-electron chi connectivity index (χ0n) is 11.7. The summed E-state index contributed by atoms with van der Waals surface area (Å²) in [5.74, 6) is 0.886. The van der Waals surface area contributed by atoms with E-state index in [9.17, 15) is 0 Å². The summed E-state index contributed by atoms with van der Waals surface area (Å²) in [7, 11) is 0. The Balaban J connectivity index is 1.76. The van der Waals surface area contributed by atoms with E-state index in [1.165, 1.54) is 62.5 Å². The molecule has 0 amide bonds. The second kappa shape index (κ2) is 7.41. The molecule has 2 rings (SSSR count). The van der Waals surface area contributed by atoms with E-state index < -0.39 is 0 Å². The van der Waals surface area contributed by atoms with Gasteiger partial charge in [-0.1, -0.05) is 62.6 Å². The van der Waals surface area contributed by atoms with E-state index in [-0.39, 0.29) is 0 Å². The van der Waals surface area contributed by atoms with E-state index in [1.54, 1.807) is 0 Å². The molecule has 0 nitrogen and oxygen atoms in total. The molecule has 0 saturated heterocycles. The van der Waals surface area contributed by atoms with Gasteiger partial charge in [-0.2, -0.15) is 0 Å². The highest BCUT2D eigenvalue weighted by Crippen LogP contribution is 2.25. The van der Waals surface area contributed by atoms with E-state index >= 15 is 0 Å². The summed E-state index contributed by atoms with van der Waals surface area (Å²) in [6, 6.07) is 9.11. The minimum Gasteiger partial charge on any atom is -0.0879 e. The van der Waals surface area contributed by atoms with Gasteiger partial charge < -0.3 is 0 Å². The van der Waals surface area contributed by atoms with Crippen LogP contribution >= 0.6 is 0 Å². The van der Waals surface area contributed by atoms with Crippen LogP contribution in [-0.2, 0) is 12.8 Å². The third-order valence-electron chi connectivity index (χ3n) is 3.94. The highest BCUT2D eigenvalue weighted by atomic mass is 14.2. The second-order valence-electron chi connectivity index (χ2n) is 5.58. The van der Waals surface area contributed by atoms with E-state index in [4.69, 9.17) is 0 Å². The Kier molecular flexibility index (Phi) is 5.51. The minimum absolute atomic E-state index is 0.886. The summed E-state index contributed by atoms with van der Waals surface area (Å²) in [5, 5.41) is 0. The zero-order valence-corrected chi connectivity index (χ0v) is 11.7. The van der Waals surface area contributed by atoms with Crippen molar-refractivity contribution in [3.05, 3.63) is 47.5 Å². The van der Waals surface area contributed by atoms with Crippen molar-refractivity contribution >= 4 is 0 Å². The molecule has 1 aromatic carbocycles. The number of benzene rings is 1. The Morgan fingerprint density at radius 2 is 1.83 bits per heavy atom. The van der Waals surface area contributed by atoms with Crippen LogP contribution in [0.25, 0.3) is 0 Å². The van der Waals surface area contributed by atoms with Crippen LogP contribution in [0.5, 0.6) is 0 Å². The van der Waals surface area contributed by atoms with Crippen molar-refractivity contribution in [1.82, 2.24) is 0 Å². The molecule has 0 aliphatic heterocycles. The normalized spacial score (nSPS) is 16.7. The molecular formula is C18H26. The first-order valence-electron chi connectivity index (χ1n) is 7.63. The first-order chi connectivity index (χ1) is 8.88. The van der Waals surface area contributed by atoms with E-state index in [0.29, 0.717) is 0 Å². The van der Waals surface area contributed by atoms with Crippen LogP contribution in [0.3, 0.4) is 0 Å². The van der Waals surface area contributed by atoms with Gasteiger partial charge in [-0.25, -0.2) is 0 Å². The van der Waals surface area contributed by atoms with E-state index in [0.717, 1.165) is 5.92 Å². The van der Waals surface area contributed by atoms with Crippen molar-refractivity contribution in [3.63, 3.8) is 0 Å². The molecule has 1 aliphatic rings. The largest absolute Gasteiger partial charge is 0.0879 e. The van der Waals surface area contributed by atoms with Gasteiger partial charge >= 0.3 is 0 Å². The van der Waals surface area contributed by atoms with Crippen molar-refractivity contribution in [2.75, 3.05) is 0 Å². The predicted octanol–water partition coefficient (Wildman–Crippen LogP) is 5.32. The molecule has 0 heteroatoms. The van der Waals surface area contributed by atoms with Crippen molar-refractivity contribution in [1.29, 1.82) is 0 Å². The van der Waals surface area contributed by atoms with Crippen LogP contribution in [0.1, 0.15) is 56.6 Å². The fourth-order valence-corrected chi connectivity index (χ4v) is 2.92. The van der Waals surface area contributed by atoms with Crippen LogP contribution in [0.15, 0.2) is 36.4 Å². The summed E-state index contributed by atoms with van der Waals surface area (Å²) >= 11 is 0. The average molecular weight is 242 g/mol. The van der Waals surface area contributed by atoms with Crippen molar-refractivity contribution in [2.24, 2.45) is 5.92 Å². The second-order valence-corrected chi connectivity index (χ2v) is 5.58. The summed E-state index contributed by atoms with van der Waals surface area (Å²) < 4.78 is 0. The third kappa shape index (κ3) is 4.33. The van der Waals surface area contributed by atoms with E-state index in [1.807, 2.05) is 0 Å². The van der Waals surface area contributed by atoms with Crippen molar-refractivity contribution in [2.45, 2.75) is 58.3 Å². The summed E-state index contributed by atoms with van der Waals surface area (Å²) in [4.78, 5) is 0. The minimum atomic E-state index is 0.886. The van der Waals surface area contributed by atoms with Gasteiger partial charge in [0.15, 0.2) is 0 Å². The average Bonchev–Trinajstić information content (AvgIpc) is 2.89. The zero-order chi connectivity index (χ0) is 12.6. The molecule has 1 fully saturated rings. The van der Waals surface area contributed by atoms with Crippen LogP contribution < -0.4 is 0 Å². The molecule has 1 saturated carbocycles. The Hall–Kier alpha value is -1.04. The Morgan fingerprint density at radius 3 is 2.56 bits per heavy atom. The summed E-state index contributed by atoms with van der Waals surface area (Å²) in [6.07, 6.45) is 15.4. The lowest BCUT2D eigenvalue weighted by Gasteiger charge is -2.03. The number of hydrogen-bond acceptors (Lipinski definition) is 0. The van der Waals surface area contributed by atoms with Gasteiger partial charge in [-0.05, 0) is 49.1 Å². The standard InChI is InChI=1S/C18H26/c1-2-8-17-13-7-14-18(15-17)12-6-5-11-16-9-3-4-10-16/h5,7,11,13-16H,2-4,6,8-10,12H2,1H3/b11-5+. The molecule has 0 N–H and O–H groups in total. The van der Waals surface area contributed by atoms with Gasteiger partial charge in [0.05, 0.1) is 0 Å². The highest BCUT2D eigenvalue weighted by Gasteiger charge is 2.10.